The predicted molar refractivity (Wildman–Crippen MR) is 119 cm³/mol. The second kappa shape index (κ2) is 9.48. The fraction of sp³-hybridized carbons (Fsp3) is 0.292. The zero-order chi connectivity index (χ0) is 23.4. The third kappa shape index (κ3) is 5.79. The van der Waals surface area contributed by atoms with Gasteiger partial charge in [0.25, 0.3) is 5.91 Å². The Labute approximate surface area is 189 Å². The van der Waals surface area contributed by atoms with Gasteiger partial charge in [0, 0.05) is 48.5 Å². The molecule has 0 aliphatic carbocycles. The number of pyridine rings is 2. The van der Waals surface area contributed by atoms with Crippen LogP contribution in [0.4, 0.5) is 24.7 Å². The van der Waals surface area contributed by atoms with E-state index in [0.717, 1.165) is 48.6 Å². The molecule has 3 heterocycles. The van der Waals surface area contributed by atoms with Gasteiger partial charge in [-0.2, -0.15) is 0 Å². The van der Waals surface area contributed by atoms with Crippen LogP contribution in [0.25, 0.3) is 11.1 Å². The number of ether oxygens (including phenoxy) is 1. The minimum absolute atomic E-state index is 0.332. The summed E-state index contributed by atoms with van der Waals surface area (Å²) in [5.74, 6) is 0.575. The van der Waals surface area contributed by atoms with Gasteiger partial charge >= 0.3 is 6.36 Å². The van der Waals surface area contributed by atoms with E-state index in [-0.39, 0.29) is 5.75 Å². The van der Waals surface area contributed by atoms with Gasteiger partial charge in [-0.1, -0.05) is 13.0 Å². The third-order valence-electron chi connectivity index (χ3n) is 5.40. The number of alkyl halides is 3. The van der Waals surface area contributed by atoms with Gasteiger partial charge in [-0.15, -0.1) is 13.2 Å². The van der Waals surface area contributed by atoms with Gasteiger partial charge in [0.15, 0.2) is 0 Å². The number of carbonyl (C=O) groups excluding carboxylic acids is 1. The molecule has 0 saturated carbocycles. The molecule has 1 aromatic carbocycles. The summed E-state index contributed by atoms with van der Waals surface area (Å²) in [4.78, 5) is 23.9. The van der Waals surface area contributed by atoms with E-state index in [1.807, 2.05) is 12.1 Å². The topological polar surface area (TPSA) is 67.4 Å². The minimum Gasteiger partial charge on any atom is -0.406 e. The van der Waals surface area contributed by atoms with Crippen molar-refractivity contribution in [1.29, 1.82) is 0 Å². The van der Waals surface area contributed by atoms with E-state index in [1.54, 1.807) is 18.5 Å². The van der Waals surface area contributed by atoms with E-state index in [9.17, 15) is 18.0 Å². The number of nitrogens with one attached hydrogen (secondary N) is 1. The highest BCUT2D eigenvalue weighted by Gasteiger charge is 2.31. The highest BCUT2D eigenvalue weighted by molar-refractivity contribution is 6.05. The first-order chi connectivity index (χ1) is 15.8. The van der Waals surface area contributed by atoms with Crippen molar-refractivity contribution >= 4 is 17.4 Å². The Morgan fingerprint density at radius 2 is 1.97 bits per heavy atom. The number of hydrogen-bond donors (Lipinski definition) is 1. The lowest BCUT2D eigenvalue weighted by Gasteiger charge is -2.33. The van der Waals surface area contributed by atoms with Gasteiger partial charge in [0.2, 0.25) is 0 Å². The van der Waals surface area contributed by atoms with E-state index in [0.29, 0.717) is 17.2 Å². The Bertz CT molecular complexity index is 1100. The molecule has 3 aromatic rings. The van der Waals surface area contributed by atoms with Crippen molar-refractivity contribution in [3.63, 3.8) is 0 Å². The first-order valence-corrected chi connectivity index (χ1v) is 10.6. The number of benzene rings is 1. The average Bonchev–Trinajstić information content (AvgIpc) is 2.79. The maximum atomic E-state index is 12.9. The summed E-state index contributed by atoms with van der Waals surface area (Å²) in [6, 6.07) is 10.5. The molecule has 9 heteroatoms. The molecule has 4 rings (SSSR count). The number of aromatic nitrogens is 2. The summed E-state index contributed by atoms with van der Waals surface area (Å²) in [5.41, 5.74) is 2.32. The van der Waals surface area contributed by atoms with Crippen molar-refractivity contribution in [1.82, 2.24) is 9.97 Å². The molecule has 0 radical (unpaired) electrons. The minimum atomic E-state index is -4.77. The number of halogens is 3. The Kier molecular flexibility index (Phi) is 6.48. The lowest BCUT2D eigenvalue weighted by Crippen LogP contribution is -2.35. The molecule has 1 fully saturated rings. The van der Waals surface area contributed by atoms with E-state index in [1.165, 1.54) is 24.8 Å². The second-order valence-electron chi connectivity index (χ2n) is 8.06. The largest absolute Gasteiger partial charge is 0.573 e. The zero-order valence-corrected chi connectivity index (χ0v) is 18.0. The molecule has 0 bridgehead atoms. The SMILES string of the molecule is CC1CCCN(c2ncc(C(=O)Nc3ccc(OC(F)(F)F)cc3)cc2-c2cccnc2)C1. The van der Waals surface area contributed by atoms with E-state index in [4.69, 9.17) is 0 Å². The summed E-state index contributed by atoms with van der Waals surface area (Å²) in [6.07, 6.45) is 2.41. The summed E-state index contributed by atoms with van der Waals surface area (Å²) in [5, 5.41) is 2.69. The first-order valence-electron chi connectivity index (χ1n) is 10.6. The monoisotopic (exact) mass is 456 g/mol. The number of hydrogen-bond acceptors (Lipinski definition) is 5. The lowest BCUT2D eigenvalue weighted by molar-refractivity contribution is -0.274. The highest BCUT2D eigenvalue weighted by atomic mass is 19.4. The number of anilines is 2. The summed E-state index contributed by atoms with van der Waals surface area (Å²) in [6.45, 7) is 3.99. The second-order valence-corrected chi connectivity index (χ2v) is 8.06. The predicted octanol–water partition coefficient (Wildman–Crippen LogP) is 5.53. The van der Waals surface area contributed by atoms with Crippen LogP contribution < -0.4 is 15.0 Å². The van der Waals surface area contributed by atoms with Crippen LogP contribution in [0.2, 0.25) is 0 Å². The smallest absolute Gasteiger partial charge is 0.406 e. The van der Waals surface area contributed by atoms with E-state index >= 15 is 0 Å². The van der Waals surface area contributed by atoms with Crippen molar-refractivity contribution in [3.05, 3.63) is 66.6 Å². The molecule has 172 valence electrons. The van der Waals surface area contributed by atoms with Gasteiger partial charge in [-0.25, -0.2) is 4.98 Å². The van der Waals surface area contributed by atoms with Crippen LogP contribution in [-0.2, 0) is 0 Å². The van der Waals surface area contributed by atoms with Gasteiger partial charge in [0.1, 0.15) is 11.6 Å². The number of carbonyl (C=O) groups is 1. The molecule has 0 spiro atoms. The quantitative estimate of drug-likeness (QED) is 0.547. The molecule has 1 saturated heterocycles. The summed E-state index contributed by atoms with van der Waals surface area (Å²) in [7, 11) is 0. The van der Waals surface area contributed by atoms with Crippen LogP contribution in [0.3, 0.4) is 0 Å². The Morgan fingerprint density at radius 3 is 2.64 bits per heavy atom. The van der Waals surface area contributed by atoms with E-state index < -0.39 is 12.3 Å². The first kappa shape index (κ1) is 22.6. The van der Waals surface area contributed by atoms with Crippen molar-refractivity contribution < 1.29 is 22.7 Å². The van der Waals surface area contributed by atoms with Crippen LogP contribution in [0.5, 0.6) is 5.75 Å². The molecule has 1 aliphatic rings. The van der Waals surface area contributed by atoms with Crippen molar-refractivity contribution in [2.45, 2.75) is 26.1 Å². The summed E-state index contributed by atoms with van der Waals surface area (Å²) >= 11 is 0. The summed E-state index contributed by atoms with van der Waals surface area (Å²) < 4.78 is 40.9. The average molecular weight is 456 g/mol. The maximum absolute atomic E-state index is 12.9. The molecular weight excluding hydrogens is 433 g/mol. The molecule has 1 unspecified atom stereocenters. The van der Waals surface area contributed by atoms with Crippen molar-refractivity contribution in [3.8, 4) is 16.9 Å². The zero-order valence-electron chi connectivity index (χ0n) is 18.0. The van der Waals surface area contributed by atoms with Crippen LogP contribution in [0.1, 0.15) is 30.1 Å². The number of rotatable bonds is 5. The molecule has 6 nitrogen and oxygen atoms in total. The maximum Gasteiger partial charge on any atom is 0.573 e. The van der Waals surface area contributed by atoms with Gasteiger partial charge in [-0.05, 0) is 55.2 Å². The normalized spacial score (nSPS) is 16.4. The highest BCUT2D eigenvalue weighted by Crippen LogP contribution is 2.32. The van der Waals surface area contributed by atoms with Crippen LogP contribution in [0, 0.1) is 5.92 Å². The third-order valence-corrected chi connectivity index (χ3v) is 5.40. The molecule has 1 N–H and O–H groups in total. The molecule has 1 amide bonds. The molecule has 33 heavy (non-hydrogen) atoms. The molecule has 1 atom stereocenters. The Hall–Kier alpha value is -3.62. The molecular formula is C24H23F3N4O2. The fourth-order valence-electron chi connectivity index (χ4n) is 3.89. The number of nitrogens with zero attached hydrogens (tertiary/aromatic N) is 3. The fourth-order valence-corrected chi connectivity index (χ4v) is 3.89. The molecule has 1 aliphatic heterocycles. The number of piperidine rings is 1. The van der Waals surface area contributed by atoms with E-state index in [2.05, 4.69) is 31.8 Å². The van der Waals surface area contributed by atoms with Crippen LogP contribution in [-0.4, -0.2) is 35.3 Å². The van der Waals surface area contributed by atoms with Crippen molar-refractivity contribution in [2.75, 3.05) is 23.3 Å². The van der Waals surface area contributed by atoms with Gasteiger partial charge in [0.05, 0.1) is 5.56 Å². The lowest BCUT2D eigenvalue weighted by atomic mass is 9.98. The van der Waals surface area contributed by atoms with Gasteiger partial charge < -0.3 is 15.0 Å². The van der Waals surface area contributed by atoms with Crippen LogP contribution in [0.15, 0.2) is 61.1 Å². The van der Waals surface area contributed by atoms with Crippen LogP contribution >= 0.6 is 0 Å². The Balaban J connectivity index is 1.58. The van der Waals surface area contributed by atoms with Crippen molar-refractivity contribution in [2.24, 2.45) is 5.92 Å². The Morgan fingerprint density at radius 1 is 1.18 bits per heavy atom. The standard InChI is InChI=1S/C24H23F3N4O2/c1-16-4-3-11-31(15-16)22-21(17-5-2-10-28-13-17)12-18(14-29-22)23(32)30-19-6-8-20(9-7-19)33-24(25,26)27/h2,5-10,12-14,16H,3-4,11,15H2,1H3,(H,30,32). The van der Waals surface area contributed by atoms with Gasteiger partial charge in [-0.3, -0.25) is 9.78 Å². The molecule has 2 aromatic heterocycles. The number of amides is 1.